The van der Waals surface area contributed by atoms with Crippen molar-refractivity contribution in [3.8, 4) is 0 Å². The standard InChI is InChI=1S/C15H25N3O3/c1-11-5-4-6-15(7-11,19-3)13-17-12(21-18-13)8-20-14(2)9-16-10-14/h11,16H,4-10H2,1-3H3. The molecule has 1 saturated heterocycles. The van der Waals surface area contributed by atoms with Gasteiger partial charge >= 0.3 is 0 Å². The Kier molecular flexibility index (Phi) is 4.03. The minimum absolute atomic E-state index is 0.104. The number of methoxy groups -OCH3 is 1. The first kappa shape index (κ1) is 14.9. The summed E-state index contributed by atoms with van der Waals surface area (Å²) in [7, 11) is 1.74. The van der Waals surface area contributed by atoms with Crippen molar-refractivity contribution in [2.24, 2.45) is 5.92 Å². The predicted octanol–water partition coefficient (Wildman–Crippen LogP) is 2.00. The third-order valence-corrected chi connectivity index (χ3v) is 4.76. The van der Waals surface area contributed by atoms with Crippen LogP contribution in [0.3, 0.4) is 0 Å². The van der Waals surface area contributed by atoms with Crippen LogP contribution >= 0.6 is 0 Å². The first-order chi connectivity index (χ1) is 10.1. The van der Waals surface area contributed by atoms with Crippen LogP contribution in [0, 0.1) is 5.92 Å². The van der Waals surface area contributed by atoms with Gasteiger partial charge in [0.1, 0.15) is 12.2 Å². The van der Waals surface area contributed by atoms with Gasteiger partial charge in [0.15, 0.2) is 0 Å². The second-order valence-electron chi connectivity index (χ2n) is 6.75. The van der Waals surface area contributed by atoms with Crippen molar-refractivity contribution in [3.63, 3.8) is 0 Å². The molecule has 2 unspecified atom stereocenters. The second kappa shape index (κ2) is 5.66. The number of hydrogen-bond donors (Lipinski definition) is 1. The van der Waals surface area contributed by atoms with E-state index in [0.29, 0.717) is 24.2 Å². The number of ether oxygens (including phenoxy) is 2. The van der Waals surface area contributed by atoms with E-state index in [1.807, 2.05) is 0 Å². The molecular formula is C15H25N3O3. The molecule has 0 amide bonds. The van der Waals surface area contributed by atoms with Gasteiger partial charge in [0.05, 0.1) is 5.60 Å². The van der Waals surface area contributed by atoms with Gasteiger partial charge in [0.25, 0.3) is 5.89 Å². The Morgan fingerprint density at radius 2 is 2.24 bits per heavy atom. The highest BCUT2D eigenvalue weighted by molar-refractivity contribution is 5.04. The maximum atomic E-state index is 5.84. The van der Waals surface area contributed by atoms with Crippen LogP contribution in [0.15, 0.2) is 4.52 Å². The summed E-state index contributed by atoms with van der Waals surface area (Å²) in [5.41, 5.74) is -0.492. The van der Waals surface area contributed by atoms with Gasteiger partial charge in [-0.15, -0.1) is 0 Å². The van der Waals surface area contributed by atoms with E-state index in [1.165, 1.54) is 6.42 Å². The average molecular weight is 295 g/mol. The van der Waals surface area contributed by atoms with Gasteiger partial charge in [-0.1, -0.05) is 18.5 Å². The molecule has 1 aliphatic heterocycles. The van der Waals surface area contributed by atoms with E-state index in [2.05, 4.69) is 29.3 Å². The Hall–Kier alpha value is -0.980. The smallest absolute Gasteiger partial charge is 0.252 e. The van der Waals surface area contributed by atoms with Crippen molar-refractivity contribution >= 4 is 0 Å². The van der Waals surface area contributed by atoms with Crippen LogP contribution in [0.25, 0.3) is 0 Å². The number of nitrogens with one attached hydrogen (secondary N) is 1. The Morgan fingerprint density at radius 1 is 1.43 bits per heavy atom. The fraction of sp³-hybridized carbons (Fsp3) is 0.867. The molecule has 0 spiro atoms. The molecule has 2 fully saturated rings. The zero-order valence-corrected chi connectivity index (χ0v) is 13.1. The minimum Gasteiger partial charge on any atom is -0.370 e. The summed E-state index contributed by atoms with van der Waals surface area (Å²) in [6, 6.07) is 0. The van der Waals surface area contributed by atoms with Gasteiger partial charge < -0.3 is 19.3 Å². The van der Waals surface area contributed by atoms with Crippen molar-refractivity contribution in [2.45, 2.75) is 57.3 Å². The van der Waals surface area contributed by atoms with Crippen molar-refractivity contribution in [2.75, 3.05) is 20.2 Å². The molecule has 118 valence electrons. The Labute approximate surface area is 125 Å². The van der Waals surface area contributed by atoms with E-state index in [9.17, 15) is 0 Å². The molecule has 0 aromatic carbocycles. The van der Waals surface area contributed by atoms with Crippen molar-refractivity contribution in [1.82, 2.24) is 15.5 Å². The lowest BCUT2D eigenvalue weighted by atomic mass is 9.78. The summed E-state index contributed by atoms with van der Waals surface area (Å²) in [4.78, 5) is 4.52. The van der Waals surface area contributed by atoms with Crippen LogP contribution in [-0.4, -0.2) is 35.9 Å². The highest BCUT2D eigenvalue weighted by Gasteiger charge is 2.41. The molecule has 1 N–H and O–H groups in total. The van der Waals surface area contributed by atoms with E-state index >= 15 is 0 Å². The predicted molar refractivity (Wildman–Crippen MR) is 76.7 cm³/mol. The summed E-state index contributed by atoms with van der Waals surface area (Å²) in [6.45, 7) is 6.43. The monoisotopic (exact) mass is 295 g/mol. The summed E-state index contributed by atoms with van der Waals surface area (Å²) in [5, 5.41) is 7.36. The normalized spacial score (nSPS) is 31.9. The fourth-order valence-corrected chi connectivity index (χ4v) is 3.30. The first-order valence-electron chi connectivity index (χ1n) is 7.78. The van der Waals surface area contributed by atoms with E-state index in [1.54, 1.807) is 7.11 Å². The van der Waals surface area contributed by atoms with Crippen LogP contribution in [-0.2, 0) is 21.7 Å². The van der Waals surface area contributed by atoms with Crippen LogP contribution < -0.4 is 5.32 Å². The zero-order chi connectivity index (χ0) is 14.9. The van der Waals surface area contributed by atoms with Crippen molar-refractivity contribution in [1.29, 1.82) is 0 Å². The lowest BCUT2D eigenvalue weighted by molar-refractivity contribution is -0.0841. The summed E-state index contributed by atoms with van der Waals surface area (Å²) in [5.74, 6) is 1.83. The van der Waals surface area contributed by atoms with Gasteiger partial charge in [0, 0.05) is 20.2 Å². The highest BCUT2D eigenvalue weighted by Crippen LogP contribution is 2.41. The summed E-state index contributed by atoms with van der Waals surface area (Å²) >= 11 is 0. The first-order valence-corrected chi connectivity index (χ1v) is 7.78. The largest absolute Gasteiger partial charge is 0.370 e. The van der Waals surface area contributed by atoms with Gasteiger partial charge in [-0.3, -0.25) is 0 Å². The van der Waals surface area contributed by atoms with Gasteiger partial charge in [0.2, 0.25) is 5.82 Å². The number of nitrogens with zero attached hydrogens (tertiary/aromatic N) is 2. The maximum absolute atomic E-state index is 5.84. The second-order valence-corrected chi connectivity index (χ2v) is 6.75. The summed E-state index contributed by atoms with van der Waals surface area (Å²) < 4.78 is 17.0. The molecule has 1 aromatic rings. The molecular weight excluding hydrogens is 270 g/mol. The summed E-state index contributed by atoms with van der Waals surface area (Å²) in [6.07, 6.45) is 4.28. The number of hydrogen-bond acceptors (Lipinski definition) is 6. The third kappa shape index (κ3) is 2.98. The SMILES string of the molecule is COC1(c2noc(COC3(C)CNC3)n2)CCCC(C)C1. The van der Waals surface area contributed by atoms with Crippen molar-refractivity contribution in [3.05, 3.63) is 11.7 Å². The Bertz CT molecular complexity index is 486. The molecule has 2 atom stereocenters. The molecule has 6 nitrogen and oxygen atoms in total. The van der Waals surface area contributed by atoms with Crippen LogP contribution in [0.4, 0.5) is 0 Å². The minimum atomic E-state index is -0.388. The highest BCUT2D eigenvalue weighted by atomic mass is 16.5. The van der Waals surface area contributed by atoms with E-state index in [0.717, 1.165) is 32.4 Å². The van der Waals surface area contributed by atoms with Crippen LogP contribution in [0.2, 0.25) is 0 Å². The lowest BCUT2D eigenvalue weighted by Crippen LogP contribution is -2.58. The topological polar surface area (TPSA) is 69.4 Å². The molecule has 21 heavy (non-hydrogen) atoms. The molecule has 1 aromatic heterocycles. The lowest BCUT2D eigenvalue weighted by Gasteiger charge is -2.38. The van der Waals surface area contributed by atoms with E-state index in [4.69, 9.17) is 14.0 Å². The quantitative estimate of drug-likeness (QED) is 0.896. The number of rotatable bonds is 5. The molecule has 3 rings (SSSR count). The third-order valence-electron chi connectivity index (χ3n) is 4.76. The Balaban J connectivity index is 1.68. The number of aromatic nitrogens is 2. The molecule has 1 aliphatic carbocycles. The molecule has 2 heterocycles. The van der Waals surface area contributed by atoms with E-state index < -0.39 is 0 Å². The molecule has 0 radical (unpaired) electrons. The molecule has 2 aliphatic rings. The Morgan fingerprint density at radius 3 is 2.86 bits per heavy atom. The van der Waals surface area contributed by atoms with Gasteiger partial charge in [-0.25, -0.2) is 0 Å². The molecule has 1 saturated carbocycles. The van der Waals surface area contributed by atoms with Crippen molar-refractivity contribution < 1.29 is 14.0 Å². The zero-order valence-electron chi connectivity index (χ0n) is 13.1. The maximum Gasteiger partial charge on any atom is 0.252 e. The van der Waals surface area contributed by atoms with Gasteiger partial charge in [-0.2, -0.15) is 4.98 Å². The van der Waals surface area contributed by atoms with E-state index in [-0.39, 0.29) is 11.2 Å². The molecule has 0 bridgehead atoms. The molecule has 6 heteroatoms. The van der Waals surface area contributed by atoms with Crippen LogP contribution in [0.5, 0.6) is 0 Å². The van der Waals surface area contributed by atoms with Gasteiger partial charge in [-0.05, 0) is 32.1 Å². The average Bonchev–Trinajstić information content (AvgIpc) is 2.92. The fourth-order valence-electron chi connectivity index (χ4n) is 3.30. The van der Waals surface area contributed by atoms with Crippen LogP contribution in [0.1, 0.15) is 51.2 Å².